The van der Waals surface area contributed by atoms with Crippen molar-refractivity contribution in [1.29, 1.82) is 0 Å². The molecule has 4 aromatic rings. The smallest absolute Gasteiger partial charge is 0.355 e. The number of rotatable bonds is 11. The molecule has 1 heterocycles. The number of hydrogen-bond donors (Lipinski definition) is 0. The lowest BCUT2D eigenvalue weighted by Crippen LogP contribution is -2.14. The molecule has 0 spiro atoms. The fourth-order valence-corrected chi connectivity index (χ4v) is 4.43. The third-order valence-electron chi connectivity index (χ3n) is 6.38. The summed E-state index contributed by atoms with van der Waals surface area (Å²) in [6, 6.07) is 24.1. The summed E-state index contributed by atoms with van der Waals surface area (Å²) < 4.78 is 19.4. The van der Waals surface area contributed by atoms with Crippen LogP contribution in [0.4, 0.5) is 0 Å². The molecule has 0 atom stereocenters. The second-order valence-electron chi connectivity index (χ2n) is 9.07. The summed E-state index contributed by atoms with van der Waals surface area (Å²) in [5.41, 5.74) is 4.33. The SMILES string of the molecule is C=CCOc1ccc2c(c1)c(-c1ccc(OCC3CC3)cc1)c(C(=O)OCC)n2Cc1ccccc1. The Morgan fingerprint density at radius 3 is 2.44 bits per heavy atom. The van der Waals surface area contributed by atoms with Gasteiger partial charge in [0.15, 0.2) is 0 Å². The van der Waals surface area contributed by atoms with E-state index in [0.717, 1.165) is 45.7 Å². The number of carbonyl (C=O) groups excluding carboxylic acids is 1. The highest BCUT2D eigenvalue weighted by molar-refractivity contribution is 6.09. The molecule has 1 fully saturated rings. The molecular weight excluding hydrogens is 450 g/mol. The molecule has 0 N–H and O–H groups in total. The van der Waals surface area contributed by atoms with Crippen molar-refractivity contribution in [1.82, 2.24) is 4.57 Å². The molecule has 0 amide bonds. The first kappa shape index (κ1) is 23.7. The maximum Gasteiger partial charge on any atom is 0.355 e. The van der Waals surface area contributed by atoms with Gasteiger partial charge in [0.2, 0.25) is 0 Å². The monoisotopic (exact) mass is 481 g/mol. The van der Waals surface area contributed by atoms with Crippen LogP contribution in [0.15, 0.2) is 85.5 Å². The van der Waals surface area contributed by atoms with E-state index in [-0.39, 0.29) is 5.97 Å². The fourth-order valence-electron chi connectivity index (χ4n) is 4.43. The summed E-state index contributed by atoms with van der Waals surface area (Å²) in [4.78, 5) is 13.4. The van der Waals surface area contributed by atoms with E-state index in [2.05, 4.69) is 18.7 Å². The van der Waals surface area contributed by atoms with Gasteiger partial charge in [0.1, 0.15) is 23.8 Å². The van der Waals surface area contributed by atoms with Crippen LogP contribution < -0.4 is 9.47 Å². The largest absolute Gasteiger partial charge is 0.493 e. The molecule has 0 radical (unpaired) electrons. The fraction of sp³-hybridized carbons (Fsp3) is 0.258. The molecule has 0 saturated heterocycles. The molecule has 3 aromatic carbocycles. The van der Waals surface area contributed by atoms with Crippen molar-refractivity contribution in [3.63, 3.8) is 0 Å². The number of benzene rings is 3. The molecule has 0 aliphatic heterocycles. The molecule has 0 unspecified atom stereocenters. The Kier molecular flexibility index (Phi) is 7.08. The molecule has 5 heteroatoms. The van der Waals surface area contributed by atoms with E-state index in [0.29, 0.717) is 31.4 Å². The summed E-state index contributed by atoms with van der Waals surface area (Å²) >= 11 is 0. The normalized spacial score (nSPS) is 12.9. The van der Waals surface area contributed by atoms with Gasteiger partial charge >= 0.3 is 5.97 Å². The van der Waals surface area contributed by atoms with E-state index in [1.165, 1.54) is 12.8 Å². The zero-order chi connectivity index (χ0) is 24.9. The first-order valence-electron chi connectivity index (χ1n) is 12.5. The third-order valence-corrected chi connectivity index (χ3v) is 6.38. The summed E-state index contributed by atoms with van der Waals surface area (Å²) in [7, 11) is 0. The van der Waals surface area contributed by atoms with Gasteiger partial charge in [0.05, 0.1) is 13.2 Å². The number of aromatic nitrogens is 1. The minimum absolute atomic E-state index is 0.298. The number of fused-ring (bicyclic) bond motifs is 1. The van der Waals surface area contributed by atoms with E-state index in [4.69, 9.17) is 14.2 Å². The Bertz CT molecular complexity index is 1350. The van der Waals surface area contributed by atoms with E-state index in [9.17, 15) is 4.79 Å². The minimum atomic E-state index is -0.345. The van der Waals surface area contributed by atoms with Gasteiger partial charge in [-0.2, -0.15) is 0 Å². The van der Waals surface area contributed by atoms with Gasteiger partial charge in [-0.3, -0.25) is 0 Å². The third kappa shape index (κ3) is 5.15. The van der Waals surface area contributed by atoms with Crippen molar-refractivity contribution in [3.05, 3.63) is 96.7 Å². The van der Waals surface area contributed by atoms with E-state index in [1.807, 2.05) is 72.2 Å². The molecule has 1 aliphatic rings. The van der Waals surface area contributed by atoms with Crippen LogP contribution in [0.25, 0.3) is 22.0 Å². The Balaban J connectivity index is 1.65. The Hall–Kier alpha value is -3.99. The maximum atomic E-state index is 13.4. The Morgan fingerprint density at radius 2 is 1.75 bits per heavy atom. The van der Waals surface area contributed by atoms with Gasteiger partial charge in [-0.25, -0.2) is 4.79 Å². The standard InChI is InChI=1S/C31H31NO4/c1-3-18-35-26-16-17-28-27(19-26)29(24-12-14-25(15-13-24)36-21-23-10-11-23)30(31(33)34-4-2)32(28)20-22-8-6-5-7-9-22/h3,5-9,12-17,19,23H,1,4,10-11,18,20-21H2,2H3. The lowest BCUT2D eigenvalue weighted by Gasteiger charge is -2.12. The molecule has 1 saturated carbocycles. The second kappa shape index (κ2) is 10.7. The van der Waals surface area contributed by atoms with E-state index in [1.54, 1.807) is 6.08 Å². The number of carbonyl (C=O) groups is 1. The summed E-state index contributed by atoms with van der Waals surface area (Å²) in [5.74, 6) is 1.90. The van der Waals surface area contributed by atoms with Gasteiger partial charge in [-0.15, -0.1) is 0 Å². The average Bonchev–Trinajstić information content (AvgIpc) is 3.69. The quantitative estimate of drug-likeness (QED) is 0.173. The van der Waals surface area contributed by atoms with E-state index >= 15 is 0 Å². The molecule has 36 heavy (non-hydrogen) atoms. The van der Waals surface area contributed by atoms with Gasteiger partial charge in [-0.1, -0.05) is 55.1 Å². The number of nitrogens with zero attached hydrogens (tertiary/aromatic N) is 1. The lowest BCUT2D eigenvalue weighted by molar-refractivity contribution is 0.0516. The molecular formula is C31H31NO4. The van der Waals surface area contributed by atoms with Crippen molar-refractivity contribution in [3.8, 4) is 22.6 Å². The van der Waals surface area contributed by atoms with Gasteiger partial charge in [0, 0.05) is 23.0 Å². The predicted molar refractivity (Wildman–Crippen MR) is 143 cm³/mol. The molecule has 0 bridgehead atoms. The van der Waals surface area contributed by atoms with Crippen molar-refractivity contribution in [2.45, 2.75) is 26.3 Å². The first-order valence-corrected chi connectivity index (χ1v) is 12.5. The number of esters is 1. The zero-order valence-corrected chi connectivity index (χ0v) is 20.6. The second-order valence-corrected chi connectivity index (χ2v) is 9.07. The van der Waals surface area contributed by atoms with Gasteiger partial charge in [0.25, 0.3) is 0 Å². The minimum Gasteiger partial charge on any atom is -0.493 e. The van der Waals surface area contributed by atoms with Crippen LogP contribution in [0.5, 0.6) is 11.5 Å². The first-order chi connectivity index (χ1) is 17.7. The highest BCUT2D eigenvalue weighted by Crippen LogP contribution is 2.39. The van der Waals surface area contributed by atoms with Crippen LogP contribution in [0.2, 0.25) is 0 Å². The molecule has 1 aromatic heterocycles. The topological polar surface area (TPSA) is 49.7 Å². The zero-order valence-electron chi connectivity index (χ0n) is 20.6. The molecule has 184 valence electrons. The Morgan fingerprint density at radius 1 is 1.00 bits per heavy atom. The van der Waals surface area contributed by atoms with Crippen LogP contribution in [0, 0.1) is 5.92 Å². The van der Waals surface area contributed by atoms with Crippen molar-refractivity contribution < 1.29 is 19.0 Å². The summed E-state index contributed by atoms with van der Waals surface area (Å²) in [6.45, 7) is 7.58. The van der Waals surface area contributed by atoms with Crippen molar-refractivity contribution in [2.24, 2.45) is 5.92 Å². The van der Waals surface area contributed by atoms with Crippen LogP contribution in [-0.4, -0.2) is 30.4 Å². The lowest BCUT2D eigenvalue weighted by atomic mass is 10.0. The molecule has 5 nitrogen and oxygen atoms in total. The predicted octanol–water partition coefficient (Wildman–Crippen LogP) is 6.89. The van der Waals surface area contributed by atoms with Gasteiger partial charge in [-0.05, 0) is 67.1 Å². The van der Waals surface area contributed by atoms with E-state index < -0.39 is 0 Å². The number of hydrogen-bond acceptors (Lipinski definition) is 4. The van der Waals surface area contributed by atoms with Crippen LogP contribution in [0.1, 0.15) is 35.8 Å². The molecule has 1 aliphatic carbocycles. The van der Waals surface area contributed by atoms with Crippen LogP contribution >= 0.6 is 0 Å². The van der Waals surface area contributed by atoms with Crippen molar-refractivity contribution in [2.75, 3.05) is 19.8 Å². The average molecular weight is 482 g/mol. The highest BCUT2D eigenvalue weighted by Gasteiger charge is 2.26. The Labute approximate surface area is 211 Å². The van der Waals surface area contributed by atoms with Crippen LogP contribution in [0.3, 0.4) is 0 Å². The maximum absolute atomic E-state index is 13.4. The summed E-state index contributed by atoms with van der Waals surface area (Å²) in [6.07, 6.45) is 4.21. The number of ether oxygens (including phenoxy) is 3. The van der Waals surface area contributed by atoms with Crippen molar-refractivity contribution >= 4 is 16.9 Å². The van der Waals surface area contributed by atoms with Gasteiger partial charge < -0.3 is 18.8 Å². The van der Waals surface area contributed by atoms with Crippen LogP contribution in [-0.2, 0) is 11.3 Å². The summed E-state index contributed by atoms with van der Waals surface area (Å²) in [5, 5.41) is 0.933. The highest BCUT2D eigenvalue weighted by atomic mass is 16.5. The molecule has 5 rings (SSSR count).